The van der Waals surface area contributed by atoms with Crippen LogP contribution in [0.5, 0.6) is 11.5 Å². The number of rotatable bonds is 18. The Morgan fingerprint density at radius 2 is 1.71 bits per heavy atom. The molecule has 20 nitrogen and oxygen atoms in total. The number of aryl methyl sites for hydroxylation is 2. The third kappa shape index (κ3) is 12.3. The number of nitrogens with one attached hydrogen (secondary N) is 5. The number of amides is 7. The molecule has 1 saturated heterocycles. The van der Waals surface area contributed by atoms with Gasteiger partial charge in [0.05, 0.1) is 33.8 Å². The fraction of sp³-hybridized carbons (Fsp3) is 0.415. The Labute approximate surface area is 435 Å². The van der Waals surface area contributed by atoms with Crippen LogP contribution in [0.4, 0.5) is 4.39 Å². The number of thiazole rings is 1. The summed E-state index contributed by atoms with van der Waals surface area (Å²) >= 11 is 1.42. The van der Waals surface area contributed by atoms with E-state index in [0.717, 1.165) is 27.3 Å². The van der Waals surface area contributed by atoms with Gasteiger partial charge in [0, 0.05) is 69.5 Å². The number of aliphatic hydroxyl groups is 1. The lowest BCUT2D eigenvalue weighted by Crippen LogP contribution is -2.59. The average molecular weight is 1050 g/mol. The molecule has 3 aromatic carbocycles. The van der Waals surface area contributed by atoms with Gasteiger partial charge in [0.2, 0.25) is 11.8 Å². The second-order valence-corrected chi connectivity index (χ2v) is 21.2. The molecule has 0 radical (unpaired) electrons. The summed E-state index contributed by atoms with van der Waals surface area (Å²) in [5, 5.41) is 38.9. The van der Waals surface area contributed by atoms with Gasteiger partial charge in [0.1, 0.15) is 23.6 Å². The molecular formula is C53H60FN9O11S. The first-order chi connectivity index (χ1) is 35.6. The number of carbonyl (C=O) groups excluding carboxylic acids is 7. The van der Waals surface area contributed by atoms with Gasteiger partial charge in [-0.15, -0.1) is 11.3 Å². The molecule has 3 aliphatic rings. The van der Waals surface area contributed by atoms with Gasteiger partial charge in [-0.3, -0.25) is 33.6 Å². The van der Waals surface area contributed by atoms with Crippen molar-refractivity contribution in [3.8, 4) is 33.3 Å². The highest BCUT2D eigenvalue weighted by Gasteiger charge is 2.53. The summed E-state index contributed by atoms with van der Waals surface area (Å²) in [4.78, 5) is 100. The number of ether oxygens (including phenoxy) is 1. The first kappa shape index (κ1) is 53.6. The van der Waals surface area contributed by atoms with Crippen molar-refractivity contribution in [1.29, 1.82) is 0 Å². The number of nitrogens with zero attached hydrogens (tertiary/aromatic N) is 4. The van der Waals surface area contributed by atoms with Crippen LogP contribution in [0.1, 0.15) is 106 Å². The minimum Gasteiger partial charge on any atom is -0.507 e. The van der Waals surface area contributed by atoms with Gasteiger partial charge < -0.3 is 55.9 Å². The molecule has 2 fully saturated rings. The highest BCUT2D eigenvalue weighted by Crippen LogP contribution is 2.41. The number of hydrogen-bond acceptors (Lipinski definition) is 14. The topological polar surface area (TPSA) is 275 Å². The molecule has 8 rings (SSSR count). The maximum absolute atomic E-state index is 14.7. The Balaban J connectivity index is 0.837. The van der Waals surface area contributed by atoms with E-state index >= 15 is 0 Å². The molecule has 2 aliphatic carbocycles. The number of alkyl halides is 1. The standard InChI is InChI=1S/C53H60FN9O11S/c1-28-44(75-27-58-28)31-8-10-33(24-57-48(69)39-22-34(64)25-63(39)50(71)45(52(2,3)4)60-51(72)53(54)15-16-53)41(21-31)73-26-43(66)55-17-18-56-46(67)32-9-7-29-12-14-37(36(29)19-32)59-47(68)38-23-42(74-61-38)30-11-13-35(40(65)20-30)49(70)62(5)6/h7-11,13,19-21,23,27,34,37,39,45,64-65H,12,14-18,22,24-26H2,1-6H3,(H,55,66)(H,56,67)(H,57,69)(H,59,68)(H,60,72)/t34-,37-,39+,45-/m1/s1. The van der Waals surface area contributed by atoms with Gasteiger partial charge in [-0.05, 0) is 85.0 Å². The fourth-order valence-corrected chi connectivity index (χ4v) is 9.80. The van der Waals surface area contributed by atoms with Gasteiger partial charge in [0.25, 0.3) is 29.5 Å². The van der Waals surface area contributed by atoms with E-state index in [0.29, 0.717) is 35.3 Å². The Kier molecular flexibility index (Phi) is 15.7. The molecule has 1 aliphatic heterocycles. The lowest BCUT2D eigenvalue weighted by molar-refractivity contribution is -0.145. The van der Waals surface area contributed by atoms with Crippen molar-refractivity contribution in [3.05, 3.63) is 105 Å². The molecule has 22 heteroatoms. The number of carbonyl (C=O) groups is 7. The predicted octanol–water partition coefficient (Wildman–Crippen LogP) is 4.13. The van der Waals surface area contributed by atoms with E-state index in [4.69, 9.17) is 9.26 Å². The molecule has 0 spiro atoms. The Bertz CT molecular complexity index is 3040. The van der Waals surface area contributed by atoms with Crippen molar-refractivity contribution >= 4 is 52.7 Å². The van der Waals surface area contributed by atoms with E-state index in [1.807, 2.05) is 19.1 Å². The molecule has 75 heavy (non-hydrogen) atoms. The second kappa shape index (κ2) is 22.0. The van der Waals surface area contributed by atoms with Gasteiger partial charge in [0.15, 0.2) is 23.7 Å². The smallest absolute Gasteiger partial charge is 0.273 e. The molecule has 0 bridgehead atoms. The highest BCUT2D eigenvalue weighted by atomic mass is 32.1. The van der Waals surface area contributed by atoms with Crippen LogP contribution in [-0.4, -0.2) is 136 Å². The summed E-state index contributed by atoms with van der Waals surface area (Å²) < 4.78 is 26.1. The number of aliphatic hydroxyl groups excluding tert-OH is 1. The Morgan fingerprint density at radius 3 is 2.40 bits per heavy atom. The highest BCUT2D eigenvalue weighted by molar-refractivity contribution is 7.13. The SMILES string of the molecule is Cc1ncsc1-c1ccc(CNC(=O)[C@@H]2C[C@@H](O)CN2C(=O)[C@@H](NC(=O)C2(F)CC2)C(C)(C)C)c(OCC(=O)NCCNC(=O)c2ccc3c(c2)[C@H](NC(=O)c2cc(-c4ccc(C(=O)N(C)C)c(O)c4)on2)CC3)c1. The molecule has 3 heterocycles. The summed E-state index contributed by atoms with van der Waals surface area (Å²) in [5.74, 6) is -3.55. The van der Waals surface area contributed by atoms with Gasteiger partial charge in [-0.1, -0.05) is 50.2 Å². The number of phenols is 1. The zero-order valence-corrected chi connectivity index (χ0v) is 43.2. The van der Waals surface area contributed by atoms with E-state index in [1.54, 1.807) is 70.7 Å². The van der Waals surface area contributed by atoms with Crippen LogP contribution < -0.4 is 31.3 Å². The quantitative estimate of drug-likeness (QED) is 0.0609. The molecule has 7 amide bonds. The summed E-state index contributed by atoms with van der Waals surface area (Å²) in [6, 6.07) is 13.7. The lowest BCUT2D eigenvalue weighted by atomic mass is 9.85. The van der Waals surface area contributed by atoms with Crippen LogP contribution in [0.15, 0.2) is 70.7 Å². The van der Waals surface area contributed by atoms with Crippen molar-refractivity contribution < 1.29 is 57.4 Å². The zero-order valence-electron chi connectivity index (χ0n) is 42.4. The Morgan fingerprint density at radius 1 is 0.960 bits per heavy atom. The largest absolute Gasteiger partial charge is 0.507 e. The van der Waals surface area contributed by atoms with Crippen LogP contribution in [-0.2, 0) is 32.1 Å². The zero-order chi connectivity index (χ0) is 53.9. The fourth-order valence-electron chi connectivity index (χ4n) is 9.00. The normalized spacial score (nSPS) is 17.8. The van der Waals surface area contributed by atoms with Crippen LogP contribution in [0.2, 0.25) is 0 Å². The number of phenolic OH excluding ortho intramolecular Hbond substituents is 1. The van der Waals surface area contributed by atoms with Crippen molar-refractivity contribution in [2.45, 2.75) is 96.2 Å². The molecule has 2 aromatic heterocycles. The summed E-state index contributed by atoms with van der Waals surface area (Å²) in [6.45, 7) is 6.52. The molecule has 7 N–H and O–H groups in total. The average Bonchev–Trinajstić information content (AvgIpc) is 3.85. The summed E-state index contributed by atoms with van der Waals surface area (Å²) in [7, 11) is 3.14. The number of halogens is 1. The molecule has 5 aromatic rings. The van der Waals surface area contributed by atoms with Crippen molar-refractivity contribution in [2.24, 2.45) is 5.41 Å². The molecule has 4 atom stereocenters. The summed E-state index contributed by atoms with van der Waals surface area (Å²) in [5.41, 5.74) is 3.54. The first-order valence-corrected chi connectivity index (χ1v) is 25.4. The van der Waals surface area contributed by atoms with Crippen LogP contribution in [0.3, 0.4) is 0 Å². The van der Waals surface area contributed by atoms with Gasteiger partial charge in [-0.25, -0.2) is 9.37 Å². The van der Waals surface area contributed by atoms with Crippen molar-refractivity contribution in [1.82, 2.24) is 46.5 Å². The minimum absolute atomic E-state index is 0.00426. The van der Waals surface area contributed by atoms with E-state index in [-0.39, 0.29) is 74.1 Å². The van der Waals surface area contributed by atoms with Crippen LogP contribution >= 0.6 is 11.3 Å². The monoisotopic (exact) mass is 1050 g/mol. The maximum atomic E-state index is 14.7. The first-order valence-electron chi connectivity index (χ1n) is 24.5. The minimum atomic E-state index is -2.02. The van der Waals surface area contributed by atoms with Crippen molar-refractivity contribution in [2.75, 3.05) is 40.3 Å². The van der Waals surface area contributed by atoms with Crippen molar-refractivity contribution in [3.63, 3.8) is 0 Å². The second-order valence-electron chi connectivity index (χ2n) is 20.3. The molecule has 1 saturated carbocycles. The number of benzene rings is 3. The number of fused-ring (bicyclic) bond motifs is 1. The predicted molar refractivity (Wildman–Crippen MR) is 272 cm³/mol. The number of aromatic hydroxyl groups is 1. The third-order valence-electron chi connectivity index (χ3n) is 13.4. The van der Waals surface area contributed by atoms with Crippen LogP contribution in [0, 0.1) is 12.3 Å². The molecular weight excluding hydrogens is 990 g/mol. The van der Waals surface area contributed by atoms with E-state index in [1.165, 1.54) is 39.3 Å². The van der Waals surface area contributed by atoms with Crippen LogP contribution in [0.25, 0.3) is 21.8 Å². The maximum Gasteiger partial charge on any atom is 0.273 e. The molecule has 0 unspecified atom stereocenters. The van der Waals surface area contributed by atoms with Gasteiger partial charge >= 0.3 is 0 Å². The van der Waals surface area contributed by atoms with E-state index < -0.39 is 77.4 Å². The lowest BCUT2D eigenvalue weighted by Gasteiger charge is -2.35. The third-order valence-corrected chi connectivity index (χ3v) is 14.4. The number of aromatic nitrogens is 2. The number of β-amino-alcohol motifs (C(OH)–C–C–N with tert-alkyl or cyclic N) is 1. The summed E-state index contributed by atoms with van der Waals surface area (Å²) in [6.07, 6.45) is 0.319. The number of likely N-dealkylation sites (tertiary alicyclic amines) is 1. The Hall–Kier alpha value is -7.72. The molecule has 396 valence electrons. The van der Waals surface area contributed by atoms with Gasteiger partial charge in [-0.2, -0.15) is 0 Å². The van der Waals surface area contributed by atoms with E-state index in [9.17, 15) is 48.2 Å². The van der Waals surface area contributed by atoms with E-state index in [2.05, 4.69) is 36.7 Å². The number of hydrogen-bond donors (Lipinski definition) is 7.